The fraction of sp³-hybridized carbons (Fsp3) is 0.167. The molecule has 0 aromatic heterocycles. The zero-order valence-electron chi connectivity index (χ0n) is 12.2. The van der Waals surface area contributed by atoms with Crippen molar-refractivity contribution in [1.82, 2.24) is 0 Å². The predicted molar refractivity (Wildman–Crippen MR) is 99.4 cm³/mol. The summed E-state index contributed by atoms with van der Waals surface area (Å²) in [6, 6.07) is 20.1. The molecule has 22 heavy (non-hydrogen) atoms. The van der Waals surface area contributed by atoms with Crippen LogP contribution in [0.1, 0.15) is 12.8 Å². The number of para-hydroxylation sites is 1. The van der Waals surface area contributed by atoms with Gasteiger partial charge in [0.1, 0.15) is 4.99 Å². The lowest BCUT2D eigenvalue weighted by molar-refractivity contribution is 0.289. The van der Waals surface area contributed by atoms with E-state index in [1.54, 1.807) is 11.8 Å². The molecule has 0 radical (unpaired) electrons. The smallest absolute Gasteiger partial charge is 0.107 e. The maximum absolute atomic E-state index is 9.07. The Hall–Kier alpha value is -1.62. The normalized spacial score (nSPS) is 11.2. The molecule has 2 nitrogen and oxygen atoms in total. The van der Waals surface area contributed by atoms with Crippen molar-refractivity contribution < 1.29 is 5.11 Å². The molecule has 0 spiro atoms. The number of thiocarbonyl (C=S) groups is 1. The largest absolute Gasteiger partial charge is 0.396 e. The molecule has 0 fully saturated rings. The first-order valence-corrected chi connectivity index (χ1v) is 8.46. The summed E-state index contributed by atoms with van der Waals surface area (Å²) in [5.41, 5.74) is 2.02. The van der Waals surface area contributed by atoms with Crippen LogP contribution < -0.4 is 5.32 Å². The fourth-order valence-electron chi connectivity index (χ4n) is 1.87. The Morgan fingerprint density at radius 1 is 1.05 bits per heavy atom. The van der Waals surface area contributed by atoms with Crippen molar-refractivity contribution in [2.24, 2.45) is 0 Å². The number of thioether (sulfide) groups is 1. The number of aliphatic hydroxyl groups excluding tert-OH is 1. The first kappa shape index (κ1) is 16.7. The number of benzene rings is 2. The number of aliphatic hydroxyl groups is 1. The monoisotopic (exact) mass is 329 g/mol. The second-order valence-electron chi connectivity index (χ2n) is 4.72. The minimum Gasteiger partial charge on any atom is -0.396 e. The van der Waals surface area contributed by atoms with E-state index in [-0.39, 0.29) is 6.61 Å². The first-order valence-electron chi connectivity index (χ1n) is 7.17. The van der Waals surface area contributed by atoms with Crippen LogP contribution in [-0.4, -0.2) is 16.7 Å². The summed E-state index contributed by atoms with van der Waals surface area (Å²) in [6.07, 6.45) is 1.47. The van der Waals surface area contributed by atoms with Crippen LogP contribution in [-0.2, 0) is 0 Å². The van der Waals surface area contributed by atoms with E-state index in [4.69, 9.17) is 17.3 Å². The van der Waals surface area contributed by atoms with Gasteiger partial charge < -0.3 is 10.4 Å². The van der Waals surface area contributed by atoms with Crippen LogP contribution in [0.15, 0.2) is 76.5 Å². The lowest BCUT2D eigenvalue weighted by atomic mass is 10.1. The third kappa shape index (κ3) is 5.64. The topological polar surface area (TPSA) is 32.3 Å². The molecule has 2 aromatic carbocycles. The number of hydrogen-bond acceptors (Lipinski definition) is 3. The molecular formula is C18H19NOS2. The van der Waals surface area contributed by atoms with Gasteiger partial charge in [0.25, 0.3) is 0 Å². The van der Waals surface area contributed by atoms with Gasteiger partial charge in [-0.2, -0.15) is 0 Å². The third-order valence-electron chi connectivity index (χ3n) is 3.01. The van der Waals surface area contributed by atoms with Crippen molar-refractivity contribution in [3.05, 3.63) is 71.6 Å². The van der Waals surface area contributed by atoms with Crippen molar-refractivity contribution >= 4 is 34.7 Å². The second kappa shape index (κ2) is 9.41. The van der Waals surface area contributed by atoms with Crippen LogP contribution in [0.3, 0.4) is 0 Å². The SMILES string of the molecule is OCCCC(=CSc1ccccc1)C(=S)Nc1ccccc1. The molecule has 114 valence electrons. The van der Waals surface area contributed by atoms with Gasteiger partial charge >= 0.3 is 0 Å². The van der Waals surface area contributed by atoms with Crippen LogP contribution in [0.2, 0.25) is 0 Å². The van der Waals surface area contributed by atoms with Gasteiger partial charge in [-0.05, 0) is 48.1 Å². The highest BCUT2D eigenvalue weighted by Gasteiger charge is 2.06. The van der Waals surface area contributed by atoms with E-state index < -0.39 is 0 Å². The fourth-order valence-corrected chi connectivity index (χ4v) is 3.05. The van der Waals surface area contributed by atoms with Gasteiger partial charge in [-0.15, -0.1) is 0 Å². The molecule has 2 rings (SSSR count). The Bertz CT molecular complexity index is 611. The lowest BCUT2D eigenvalue weighted by Crippen LogP contribution is -2.12. The Labute approximate surface area is 141 Å². The molecule has 0 aliphatic carbocycles. The van der Waals surface area contributed by atoms with Crippen LogP contribution in [0.5, 0.6) is 0 Å². The quantitative estimate of drug-likeness (QED) is 0.431. The molecule has 4 heteroatoms. The van der Waals surface area contributed by atoms with E-state index in [1.165, 1.54) is 4.90 Å². The van der Waals surface area contributed by atoms with Gasteiger partial charge in [0.2, 0.25) is 0 Å². The number of hydrogen-bond donors (Lipinski definition) is 2. The molecule has 0 aliphatic rings. The highest BCUT2D eigenvalue weighted by molar-refractivity contribution is 8.02. The van der Waals surface area contributed by atoms with Gasteiger partial charge in [0.05, 0.1) is 0 Å². The zero-order chi connectivity index (χ0) is 15.6. The van der Waals surface area contributed by atoms with Crippen molar-refractivity contribution in [3.8, 4) is 0 Å². The summed E-state index contributed by atoms with van der Waals surface area (Å²) in [6.45, 7) is 0.168. The molecule has 0 unspecified atom stereocenters. The van der Waals surface area contributed by atoms with E-state index in [0.717, 1.165) is 17.7 Å². The van der Waals surface area contributed by atoms with Crippen LogP contribution in [0.25, 0.3) is 0 Å². The Kier molecular flexibility index (Phi) is 7.16. The van der Waals surface area contributed by atoms with Gasteiger partial charge in [-0.1, -0.05) is 60.4 Å². The van der Waals surface area contributed by atoms with Crippen LogP contribution in [0.4, 0.5) is 5.69 Å². The maximum Gasteiger partial charge on any atom is 0.107 e. The minimum atomic E-state index is 0.168. The number of nitrogens with one attached hydrogen (secondary N) is 1. The third-order valence-corrected chi connectivity index (χ3v) is 4.32. The van der Waals surface area contributed by atoms with E-state index in [9.17, 15) is 0 Å². The van der Waals surface area contributed by atoms with E-state index in [1.807, 2.05) is 48.5 Å². The highest BCUT2D eigenvalue weighted by Crippen LogP contribution is 2.23. The number of anilines is 1. The van der Waals surface area contributed by atoms with E-state index in [0.29, 0.717) is 11.4 Å². The number of rotatable bonds is 7. The standard InChI is InChI=1S/C18H19NOS2/c20-13-7-8-15(14-22-17-11-5-2-6-12-17)18(21)19-16-9-3-1-4-10-16/h1-6,9-12,14,20H,7-8,13H2,(H,19,21). The summed E-state index contributed by atoms with van der Waals surface area (Å²) < 4.78 is 0. The average Bonchev–Trinajstić information content (AvgIpc) is 2.56. The minimum absolute atomic E-state index is 0.168. The predicted octanol–water partition coefficient (Wildman–Crippen LogP) is 4.87. The first-order chi connectivity index (χ1) is 10.8. The Morgan fingerprint density at radius 2 is 1.68 bits per heavy atom. The summed E-state index contributed by atoms with van der Waals surface area (Å²) in [7, 11) is 0. The van der Waals surface area contributed by atoms with Crippen molar-refractivity contribution in [3.63, 3.8) is 0 Å². The van der Waals surface area contributed by atoms with Gasteiger partial charge in [0.15, 0.2) is 0 Å². The lowest BCUT2D eigenvalue weighted by Gasteiger charge is -2.11. The van der Waals surface area contributed by atoms with Crippen molar-refractivity contribution in [1.29, 1.82) is 0 Å². The zero-order valence-corrected chi connectivity index (χ0v) is 13.9. The van der Waals surface area contributed by atoms with Gasteiger partial charge in [-0.3, -0.25) is 0 Å². The summed E-state index contributed by atoms with van der Waals surface area (Å²) in [4.78, 5) is 1.88. The molecule has 0 amide bonds. The summed E-state index contributed by atoms with van der Waals surface area (Å²) in [5.74, 6) is 0. The molecule has 0 aliphatic heterocycles. The molecular weight excluding hydrogens is 310 g/mol. The maximum atomic E-state index is 9.07. The summed E-state index contributed by atoms with van der Waals surface area (Å²) in [5, 5.41) is 14.4. The van der Waals surface area contributed by atoms with Gasteiger partial charge in [-0.25, -0.2) is 0 Å². The molecule has 0 saturated carbocycles. The molecule has 0 atom stereocenters. The van der Waals surface area contributed by atoms with Crippen LogP contribution in [0, 0.1) is 0 Å². The highest BCUT2D eigenvalue weighted by atomic mass is 32.2. The van der Waals surface area contributed by atoms with E-state index >= 15 is 0 Å². The Balaban J connectivity index is 2.05. The molecule has 0 saturated heterocycles. The van der Waals surface area contributed by atoms with Crippen molar-refractivity contribution in [2.75, 3.05) is 11.9 Å². The second-order valence-corrected chi connectivity index (χ2v) is 6.07. The Morgan fingerprint density at radius 3 is 2.32 bits per heavy atom. The molecule has 2 aromatic rings. The molecule has 0 bridgehead atoms. The van der Waals surface area contributed by atoms with E-state index in [2.05, 4.69) is 22.9 Å². The van der Waals surface area contributed by atoms with Crippen molar-refractivity contribution in [2.45, 2.75) is 17.7 Å². The summed E-state index contributed by atoms with van der Waals surface area (Å²) >= 11 is 7.16. The molecule has 0 heterocycles. The average molecular weight is 329 g/mol. The molecule has 2 N–H and O–H groups in total. The van der Waals surface area contributed by atoms with Crippen LogP contribution >= 0.6 is 24.0 Å². The van der Waals surface area contributed by atoms with Gasteiger partial charge in [0, 0.05) is 17.2 Å².